The van der Waals surface area contributed by atoms with Gasteiger partial charge in [0.25, 0.3) is 0 Å². The van der Waals surface area contributed by atoms with E-state index in [1.54, 1.807) is 0 Å². The minimum absolute atomic E-state index is 0. The van der Waals surface area contributed by atoms with E-state index in [0.717, 1.165) is 0 Å². The van der Waals surface area contributed by atoms with E-state index in [0.29, 0.717) is 0 Å². The first-order chi connectivity index (χ1) is 3.35. The van der Waals surface area contributed by atoms with Crippen LogP contribution in [0.1, 0.15) is 20.8 Å². The first kappa shape index (κ1) is 12.0. The van der Waals surface area contributed by atoms with Crippen LogP contribution in [0.5, 0.6) is 0 Å². The van der Waals surface area contributed by atoms with Gasteiger partial charge in [0.05, 0.1) is 0 Å². The Morgan fingerprint density at radius 1 is 0.875 bits per heavy atom. The topological polar surface area (TPSA) is 0 Å². The fourth-order valence-electron chi connectivity index (χ4n) is 0.750. The standard InChI is InChI=1S/C6H15Ge.HI/c1-4-7(5-2)6-3;/h4-6H2,1-3H3;1H. The fraction of sp³-hybridized carbons (Fsp3) is 1.00. The number of hydrogen-bond donors (Lipinski definition) is 0. The summed E-state index contributed by atoms with van der Waals surface area (Å²) in [6, 6.07) is 0. The molecule has 0 aliphatic rings. The molecule has 0 bridgehead atoms. The molecule has 8 heavy (non-hydrogen) atoms. The molecule has 0 heterocycles. The minimum atomic E-state index is -0.403. The molecule has 0 fully saturated rings. The van der Waals surface area contributed by atoms with Crippen LogP contribution in [0, 0.1) is 0 Å². The van der Waals surface area contributed by atoms with Crippen LogP contribution in [-0.4, -0.2) is 14.3 Å². The molecule has 0 nitrogen and oxygen atoms in total. The van der Waals surface area contributed by atoms with Crippen molar-refractivity contribution < 1.29 is 0 Å². The van der Waals surface area contributed by atoms with Crippen molar-refractivity contribution in [1.29, 1.82) is 0 Å². The van der Waals surface area contributed by atoms with E-state index in [1.165, 1.54) is 15.8 Å². The first-order valence-electron chi connectivity index (χ1n) is 3.18. The summed E-state index contributed by atoms with van der Waals surface area (Å²) >= 11 is -0.403. The average Bonchev–Trinajstić information content (AvgIpc) is 1.72. The molecular weight excluding hydrogens is 272 g/mol. The van der Waals surface area contributed by atoms with Crippen molar-refractivity contribution in [3.05, 3.63) is 0 Å². The molecule has 0 aromatic rings. The van der Waals surface area contributed by atoms with Gasteiger partial charge in [-0.2, -0.15) is 0 Å². The largest absolute Gasteiger partial charge is 0.107 e. The zero-order valence-corrected chi connectivity index (χ0v) is 10.5. The maximum absolute atomic E-state index is 2.34. The Balaban J connectivity index is 0. The molecular formula is C6H16GeI. The predicted molar refractivity (Wildman–Crippen MR) is 52.6 cm³/mol. The third-order valence-corrected chi connectivity index (χ3v) is 7.79. The van der Waals surface area contributed by atoms with Crippen LogP contribution in [0.2, 0.25) is 15.8 Å². The second-order valence-electron chi connectivity index (χ2n) is 1.81. The number of halogens is 1. The van der Waals surface area contributed by atoms with E-state index in [2.05, 4.69) is 20.8 Å². The normalized spacial score (nSPS) is 9.00. The molecule has 0 unspecified atom stereocenters. The van der Waals surface area contributed by atoms with Crippen LogP contribution < -0.4 is 0 Å². The molecule has 0 spiro atoms. The second kappa shape index (κ2) is 8.27. The number of rotatable bonds is 3. The Morgan fingerprint density at radius 2 is 1.12 bits per heavy atom. The van der Waals surface area contributed by atoms with Gasteiger partial charge < -0.3 is 0 Å². The monoisotopic (exact) mass is 289 g/mol. The third kappa shape index (κ3) is 5.41. The van der Waals surface area contributed by atoms with Crippen molar-refractivity contribution >= 4 is 38.3 Å². The van der Waals surface area contributed by atoms with Crippen molar-refractivity contribution in [2.45, 2.75) is 36.5 Å². The van der Waals surface area contributed by atoms with Crippen LogP contribution in [0.15, 0.2) is 0 Å². The second-order valence-corrected chi connectivity index (χ2v) is 9.41. The van der Waals surface area contributed by atoms with Gasteiger partial charge in [0, 0.05) is 0 Å². The van der Waals surface area contributed by atoms with Gasteiger partial charge in [-0.05, 0) is 0 Å². The summed E-state index contributed by atoms with van der Waals surface area (Å²) in [7, 11) is 0. The van der Waals surface area contributed by atoms with Gasteiger partial charge in [-0.15, -0.1) is 24.0 Å². The Bertz CT molecular complexity index is 30.0. The molecule has 0 saturated carbocycles. The summed E-state index contributed by atoms with van der Waals surface area (Å²) in [5, 5.41) is 4.56. The first-order valence-corrected chi connectivity index (χ1v) is 7.63. The average molecular weight is 288 g/mol. The summed E-state index contributed by atoms with van der Waals surface area (Å²) in [6.45, 7) is 7.01. The Kier molecular flexibility index (Phi) is 12.4. The molecule has 0 atom stereocenters. The zero-order chi connectivity index (χ0) is 5.70. The quantitative estimate of drug-likeness (QED) is 0.552. The van der Waals surface area contributed by atoms with Crippen molar-refractivity contribution in [2.75, 3.05) is 0 Å². The molecule has 0 N–H and O–H groups in total. The summed E-state index contributed by atoms with van der Waals surface area (Å²) < 4.78 is 0. The molecule has 1 radical (unpaired) electrons. The molecule has 0 rings (SSSR count). The maximum atomic E-state index is 2.34. The van der Waals surface area contributed by atoms with Gasteiger partial charge in [0.2, 0.25) is 0 Å². The molecule has 0 saturated heterocycles. The molecule has 51 valence electrons. The van der Waals surface area contributed by atoms with Crippen molar-refractivity contribution in [1.82, 2.24) is 0 Å². The molecule has 0 aliphatic heterocycles. The molecule has 0 aliphatic carbocycles. The summed E-state index contributed by atoms with van der Waals surface area (Å²) in [4.78, 5) is 0. The van der Waals surface area contributed by atoms with Gasteiger partial charge in [-0.25, -0.2) is 0 Å². The third-order valence-electron chi connectivity index (χ3n) is 1.50. The van der Waals surface area contributed by atoms with Crippen LogP contribution >= 0.6 is 24.0 Å². The molecule has 0 aromatic carbocycles. The Labute approximate surface area is 74.6 Å². The van der Waals surface area contributed by atoms with E-state index in [9.17, 15) is 0 Å². The van der Waals surface area contributed by atoms with E-state index in [4.69, 9.17) is 0 Å². The van der Waals surface area contributed by atoms with Crippen molar-refractivity contribution in [2.24, 2.45) is 0 Å². The van der Waals surface area contributed by atoms with Gasteiger partial charge in [-0.1, -0.05) is 0 Å². The zero-order valence-electron chi connectivity index (χ0n) is 6.03. The van der Waals surface area contributed by atoms with Gasteiger partial charge in [-0.3, -0.25) is 0 Å². The summed E-state index contributed by atoms with van der Waals surface area (Å²) in [5.74, 6) is 0. The number of hydrogen-bond acceptors (Lipinski definition) is 0. The predicted octanol–water partition coefficient (Wildman–Crippen LogP) is 3.16. The van der Waals surface area contributed by atoms with E-state index < -0.39 is 14.3 Å². The SMILES string of the molecule is C[CH2][Ge]([CH2]C)[CH2]C.I. The molecule has 2 heteroatoms. The molecule has 0 amide bonds. The molecule has 0 aromatic heterocycles. The van der Waals surface area contributed by atoms with Gasteiger partial charge >= 0.3 is 50.9 Å². The van der Waals surface area contributed by atoms with E-state index in [-0.39, 0.29) is 24.0 Å². The van der Waals surface area contributed by atoms with Crippen LogP contribution in [0.25, 0.3) is 0 Å². The van der Waals surface area contributed by atoms with Crippen molar-refractivity contribution in [3.63, 3.8) is 0 Å². The smallest absolute Gasteiger partial charge is 0.107 e. The Morgan fingerprint density at radius 3 is 1.12 bits per heavy atom. The van der Waals surface area contributed by atoms with Gasteiger partial charge in [0.15, 0.2) is 0 Å². The summed E-state index contributed by atoms with van der Waals surface area (Å²) in [5.41, 5.74) is 0. The van der Waals surface area contributed by atoms with Crippen molar-refractivity contribution in [3.8, 4) is 0 Å². The Hall–Kier alpha value is 1.27. The van der Waals surface area contributed by atoms with Crippen LogP contribution in [-0.2, 0) is 0 Å². The maximum Gasteiger partial charge on any atom is -0.107 e. The van der Waals surface area contributed by atoms with Crippen LogP contribution in [0.3, 0.4) is 0 Å². The van der Waals surface area contributed by atoms with Crippen LogP contribution in [0.4, 0.5) is 0 Å². The van der Waals surface area contributed by atoms with Gasteiger partial charge in [0.1, 0.15) is 0 Å². The fourth-order valence-corrected chi connectivity index (χ4v) is 3.90. The summed E-state index contributed by atoms with van der Waals surface area (Å²) in [6.07, 6.45) is 0. The van der Waals surface area contributed by atoms with E-state index in [1.807, 2.05) is 0 Å². The van der Waals surface area contributed by atoms with E-state index >= 15 is 0 Å². The minimum Gasteiger partial charge on any atom is -0.107 e.